The SMILES string of the molecule is CCC#CC[C@H](C)[C@H](O)C=C[C@H]1CCC(=O)N1CC=CCCCC(=O)OC. The van der Waals surface area contributed by atoms with Crippen LogP contribution in [0.3, 0.4) is 0 Å². The largest absolute Gasteiger partial charge is 0.469 e. The van der Waals surface area contributed by atoms with Gasteiger partial charge in [0.1, 0.15) is 0 Å². The smallest absolute Gasteiger partial charge is 0.305 e. The van der Waals surface area contributed by atoms with Crippen LogP contribution in [0, 0.1) is 17.8 Å². The standard InChI is InChI=1S/C22H33NO4/c1-4-5-8-11-18(2)20(24)15-13-19-14-16-21(25)23(19)17-10-7-6-9-12-22(26)27-3/h7,10,13,15,18-20,24H,4,6,9,11-12,14,16-17H2,1-3H3/t18-,19-,20+/m0/s1. The number of nitrogens with zero attached hydrogens (tertiary/aromatic N) is 1. The molecule has 3 atom stereocenters. The van der Waals surface area contributed by atoms with Gasteiger partial charge in [-0.05, 0) is 25.2 Å². The van der Waals surface area contributed by atoms with E-state index in [-0.39, 0.29) is 23.8 Å². The number of allylic oxidation sites excluding steroid dienone is 1. The first kappa shape index (κ1) is 23.0. The fraction of sp³-hybridized carbons (Fsp3) is 0.636. The van der Waals surface area contributed by atoms with Crippen molar-refractivity contribution in [3.63, 3.8) is 0 Å². The number of ether oxygens (including phenoxy) is 1. The Bertz CT molecular complexity index is 585. The zero-order valence-electron chi connectivity index (χ0n) is 16.8. The molecule has 0 aromatic carbocycles. The Morgan fingerprint density at radius 2 is 2.19 bits per heavy atom. The molecule has 1 saturated heterocycles. The van der Waals surface area contributed by atoms with Gasteiger partial charge >= 0.3 is 5.97 Å². The molecule has 1 heterocycles. The number of unbranched alkanes of at least 4 members (excludes halogenated alkanes) is 1. The van der Waals surface area contributed by atoms with Gasteiger partial charge in [-0.25, -0.2) is 0 Å². The number of methoxy groups -OCH3 is 1. The molecular formula is C22H33NO4. The van der Waals surface area contributed by atoms with Crippen LogP contribution >= 0.6 is 0 Å². The maximum atomic E-state index is 12.1. The van der Waals surface area contributed by atoms with E-state index in [0.717, 1.165) is 25.7 Å². The second-order valence-corrected chi connectivity index (χ2v) is 6.86. The number of aliphatic hydroxyl groups is 1. The van der Waals surface area contributed by atoms with Crippen LogP contribution in [0.15, 0.2) is 24.3 Å². The summed E-state index contributed by atoms with van der Waals surface area (Å²) in [4.78, 5) is 25.0. The van der Waals surface area contributed by atoms with Gasteiger partial charge in [0.15, 0.2) is 0 Å². The zero-order valence-corrected chi connectivity index (χ0v) is 16.8. The third-order valence-corrected chi connectivity index (χ3v) is 4.66. The molecule has 0 radical (unpaired) electrons. The van der Waals surface area contributed by atoms with Crippen molar-refractivity contribution in [2.75, 3.05) is 13.7 Å². The molecule has 5 nitrogen and oxygen atoms in total. The van der Waals surface area contributed by atoms with Crippen LogP contribution in [0.1, 0.15) is 58.8 Å². The summed E-state index contributed by atoms with van der Waals surface area (Å²) in [6.07, 6.45) is 11.9. The molecule has 1 rings (SSSR count). The second kappa shape index (κ2) is 13.2. The fourth-order valence-electron chi connectivity index (χ4n) is 2.88. The molecule has 1 aliphatic rings. The Morgan fingerprint density at radius 3 is 2.89 bits per heavy atom. The summed E-state index contributed by atoms with van der Waals surface area (Å²) in [6, 6.07) is 0.0285. The molecule has 5 heteroatoms. The van der Waals surface area contributed by atoms with Crippen LogP contribution in [0.25, 0.3) is 0 Å². The van der Waals surface area contributed by atoms with Crippen molar-refractivity contribution < 1.29 is 19.4 Å². The Kier molecular flexibility index (Phi) is 11.2. The molecule has 0 unspecified atom stereocenters. The van der Waals surface area contributed by atoms with Gasteiger partial charge in [0.2, 0.25) is 5.91 Å². The molecule has 1 aliphatic heterocycles. The predicted octanol–water partition coefficient (Wildman–Crippen LogP) is 3.23. The van der Waals surface area contributed by atoms with Crippen molar-refractivity contribution in [1.29, 1.82) is 0 Å². The summed E-state index contributed by atoms with van der Waals surface area (Å²) in [5.41, 5.74) is 0. The lowest BCUT2D eigenvalue weighted by atomic mass is 10.00. The predicted molar refractivity (Wildman–Crippen MR) is 107 cm³/mol. The third kappa shape index (κ3) is 8.92. The van der Waals surface area contributed by atoms with Crippen molar-refractivity contribution in [2.24, 2.45) is 5.92 Å². The summed E-state index contributed by atoms with van der Waals surface area (Å²) < 4.78 is 4.61. The van der Waals surface area contributed by atoms with Crippen LogP contribution in [0.2, 0.25) is 0 Å². The summed E-state index contributed by atoms with van der Waals surface area (Å²) in [7, 11) is 1.39. The minimum absolute atomic E-state index is 0.0285. The second-order valence-electron chi connectivity index (χ2n) is 6.86. The quantitative estimate of drug-likeness (QED) is 0.275. The molecule has 0 spiro atoms. The highest BCUT2D eigenvalue weighted by molar-refractivity contribution is 5.79. The lowest BCUT2D eigenvalue weighted by molar-refractivity contribution is -0.140. The number of esters is 1. The molecule has 27 heavy (non-hydrogen) atoms. The Labute approximate surface area is 163 Å². The van der Waals surface area contributed by atoms with E-state index in [1.54, 1.807) is 6.08 Å². The minimum Gasteiger partial charge on any atom is -0.469 e. The van der Waals surface area contributed by atoms with E-state index >= 15 is 0 Å². The first-order valence-corrected chi connectivity index (χ1v) is 9.83. The van der Waals surface area contributed by atoms with Crippen LogP contribution in [0.5, 0.6) is 0 Å². The van der Waals surface area contributed by atoms with Crippen LogP contribution in [-0.4, -0.2) is 47.7 Å². The Balaban J connectivity index is 2.45. The van der Waals surface area contributed by atoms with E-state index < -0.39 is 6.10 Å². The molecule has 0 aliphatic carbocycles. The van der Waals surface area contributed by atoms with Gasteiger partial charge in [0.05, 0.1) is 19.3 Å². The van der Waals surface area contributed by atoms with Gasteiger partial charge in [0.25, 0.3) is 0 Å². The van der Waals surface area contributed by atoms with Crippen LogP contribution in [-0.2, 0) is 14.3 Å². The number of rotatable bonds is 10. The first-order valence-electron chi connectivity index (χ1n) is 9.83. The molecule has 0 aromatic heterocycles. The van der Waals surface area contributed by atoms with E-state index in [0.29, 0.717) is 25.8 Å². The van der Waals surface area contributed by atoms with Crippen LogP contribution < -0.4 is 0 Å². The molecule has 1 amide bonds. The minimum atomic E-state index is -0.553. The average molecular weight is 376 g/mol. The summed E-state index contributed by atoms with van der Waals surface area (Å²) in [5.74, 6) is 6.10. The van der Waals surface area contributed by atoms with Gasteiger partial charge in [-0.1, -0.05) is 38.2 Å². The van der Waals surface area contributed by atoms with Crippen LogP contribution in [0.4, 0.5) is 0 Å². The average Bonchev–Trinajstić information content (AvgIpc) is 3.02. The monoisotopic (exact) mass is 375 g/mol. The summed E-state index contributed by atoms with van der Waals surface area (Å²) in [6.45, 7) is 4.54. The number of amides is 1. The number of carbonyl (C=O) groups excluding carboxylic acids is 2. The molecule has 1 N–H and O–H groups in total. The molecular weight excluding hydrogens is 342 g/mol. The van der Waals surface area contributed by atoms with Crippen molar-refractivity contribution in [1.82, 2.24) is 4.90 Å². The highest BCUT2D eigenvalue weighted by atomic mass is 16.5. The van der Waals surface area contributed by atoms with Crippen molar-refractivity contribution in [2.45, 2.75) is 70.9 Å². The Morgan fingerprint density at radius 1 is 1.41 bits per heavy atom. The maximum Gasteiger partial charge on any atom is 0.305 e. The topological polar surface area (TPSA) is 66.8 Å². The number of carbonyl (C=O) groups is 2. The highest BCUT2D eigenvalue weighted by Crippen LogP contribution is 2.20. The van der Waals surface area contributed by atoms with E-state index in [9.17, 15) is 14.7 Å². The first-order chi connectivity index (χ1) is 13.0. The number of likely N-dealkylation sites (tertiary alicyclic amines) is 1. The van der Waals surface area contributed by atoms with Gasteiger partial charge < -0.3 is 14.7 Å². The van der Waals surface area contributed by atoms with Gasteiger partial charge in [-0.3, -0.25) is 9.59 Å². The number of hydrogen-bond acceptors (Lipinski definition) is 4. The summed E-state index contributed by atoms with van der Waals surface area (Å²) in [5, 5.41) is 10.3. The van der Waals surface area contributed by atoms with Crippen molar-refractivity contribution in [3.8, 4) is 11.8 Å². The lowest BCUT2D eigenvalue weighted by Gasteiger charge is -2.21. The van der Waals surface area contributed by atoms with E-state index in [4.69, 9.17) is 0 Å². The maximum absolute atomic E-state index is 12.1. The number of hydrogen-bond donors (Lipinski definition) is 1. The summed E-state index contributed by atoms with van der Waals surface area (Å²) >= 11 is 0. The molecule has 150 valence electrons. The normalized spacial score (nSPS) is 19.3. The highest BCUT2D eigenvalue weighted by Gasteiger charge is 2.28. The zero-order chi connectivity index (χ0) is 20.1. The van der Waals surface area contributed by atoms with Gasteiger partial charge in [-0.15, -0.1) is 11.8 Å². The third-order valence-electron chi connectivity index (χ3n) is 4.66. The van der Waals surface area contributed by atoms with Gasteiger partial charge in [-0.2, -0.15) is 0 Å². The van der Waals surface area contributed by atoms with Crippen molar-refractivity contribution in [3.05, 3.63) is 24.3 Å². The van der Waals surface area contributed by atoms with Gasteiger partial charge in [0, 0.05) is 32.2 Å². The molecule has 0 saturated carbocycles. The van der Waals surface area contributed by atoms with E-state index in [1.165, 1.54) is 7.11 Å². The van der Waals surface area contributed by atoms with E-state index in [2.05, 4.69) is 16.6 Å². The molecule has 0 bridgehead atoms. The van der Waals surface area contributed by atoms with Crippen molar-refractivity contribution >= 4 is 11.9 Å². The fourth-order valence-corrected chi connectivity index (χ4v) is 2.88. The van der Waals surface area contributed by atoms with E-state index in [1.807, 2.05) is 37.0 Å². The molecule has 0 aromatic rings. The Hall–Kier alpha value is -2.06. The number of aliphatic hydroxyl groups excluding tert-OH is 1. The molecule has 1 fully saturated rings. The lowest BCUT2D eigenvalue weighted by Crippen LogP contribution is -2.32.